The summed E-state index contributed by atoms with van der Waals surface area (Å²) >= 11 is 0. The molecule has 0 saturated heterocycles. The van der Waals surface area contributed by atoms with Gasteiger partial charge in [-0.05, 0) is 43.4 Å². The van der Waals surface area contributed by atoms with Crippen LogP contribution in [0.25, 0.3) is 0 Å². The Balaban J connectivity index is 2.34. The topological polar surface area (TPSA) is 64.7 Å². The van der Waals surface area contributed by atoms with E-state index in [0.717, 1.165) is 24.0 Å². The summed E-state index contributed by atoms with van der Waals surface area (Å²) in [5.41, 5.74) is 8.12. The zero-order valence-electron chi connectivity index (χ0n) is 12.6. The number of ether oxygens (including phenoxy) is 2. The third kappa shape index (κ3) is 2.91. The van der Waals surface area contributed by atoms with Crippen LogP contribution in [0.2, 0.25) is 0 Å². The van der Waals surface area contributed by atoms with Crippen LogP contribution in [0.4, 0.5) is 0 Å². The van der Waals surface area contributed by atoms with Gasteiger partial charge in [0.1, 0.15) is 11.5 Å². The van der Waals surface area contributed by atoms with Crippen molar-refractivity contribution in [2.45, 2.75) is 44.8 Å². The van der Waals surface area contributed by atoms with E-state index in [1.807, 2.05) is 19.1 Å². The van der Waals surface area contributed by atoms with E-state index in [0.29, 0.717) is 11.5 Å². The van der Waals surface area contributed by atoms with Gasteiger partial charge < -0.3 is 20.3 Å². The predicted molar refractivity (Wildman–Crippen MR) is 79.2 cm³/mol. The number of hydrogen-bond acceptors (Lipinski definition) is 4. The monoisotopic (exact) mass is 279 g/mol. The highest BCUT2D eigenvalue weighted by Gasteiger charge is 2.32. The number of benzene rings is 1. The highest BCUT2D eigenvalue weighted by atomic mass is 16.5. The summed E-state index contributed by atoms with van der Waals surface area (Å²) in [6, 6.07) is 3.38. The Labute approximate surface area is 120 Å². The normalized spacial score (nSPS) is 18.9. The van der Waals surface area contributed by atoms with Gasteiger partial charge in [0.25, 0.3) is 0 Å². The Hall–Kier alpha value is -1.26. The largest absolute Gasteiger partial charge is 0.496 e. The van der Waals surface area contributed by atoms with Crippen molar-refractivity contribution in [3.63, 3.8) is 0 Å². The number of nitrogens with two attached hydrogens (primary N) is 1. The molecule has 1 aromatic rings. The van der Waals surface area contributed by atoms with Gasteiger partial charge in [0.2, 0.25) is 0 Å². The smallest absolute Gasteiger partial charge is 0.127 e. The van der Waals surface area contributed by atoms with Gasteiger partial charge in [0, 0.05) is 0 Å². The molecule has 3 N–H and O–H groups in total. The molecule has 0 unspecified atom stereocenters. The molecule has 0 spiro atoms. The molecule has 2 rings (SSSR count). The highest BCUT2D eigenvalue weighted by Crippen LogP contribution is 2.39. The lowest BCUT2D eigenvalue weighted by atomic mass is 9.89. The van der Waals surface area contributed by atoms with Crippen molar-refractivity contribution >= 4 is 0 Å². The van der Waals surface area contributed by atoms with Crippen molar-refractivity contribution in [3.05, 3.63) is 23.3 Å². The lowest BCUT2D eigenvalue weighted by Gasteiger charge is -2.27. The second kappa shape index (κ2) is 6.46. The van der Waals surface area contributed by atoms with Crippen LogP contribution in [-0.2, 0) is 0 Å². The first-order chi connectivity index (χ1) is 9.58. The molecule has 0 aliphatic heterocycles. The molecule has 0 radical (unpaired) electrons. The van der Waals surface area contributed by atoms with Crippen molar-refractivity contribution in [1.82, 2.24) is 0 Å². The average molecular weight is 279 g/mol. The van der Waals surface area contributed by atoms with Crippen molar-refractivity contribution in [3.8, 4) is 11.5 Å². The lowest BCUT2D eigenvalue weighted by molar-refractivity contribution is 0.0826. The standard InChI is InChI=1S/C16H25NO3/c1-10-8-12(19-2)14(13(9-10)20-3)15(17)16(18)11-6-4-5-7-11/h8-9,11,15-16,18H,4-7,17H2,1-3H3/t15-,16+/m0/s1. The number of hydrogen-bond donors (Lipinski definition) is 2. The molecule has 0 aromatic heterocycles. The molecule has 1 aromatic carbocycles. The van der Waals surface area contributed by atoms with Gasteiger partial charge in [0.05, 0.1) is 31.9 Å². The average Bonchev–Trinajstić information content (AvgIpc) is 2.98. The van der Waals surface area contributed by atoms with Crippen molar-refractivity contribution in [1.29, 1.82) is 0 Å². The van der Waals surface area contributed by atoms with E-state index in [9.17, 15) is 5.11 Å². The molecule has 1 aliphatic rings. The fraction of sp³-hybridized carbons (Fsp3) is 0.625. The van der Waals surface area contributed by atoms with Crippen LogP contribution in [-0.4, -0.2) is 25.4 Å². The van der Waals surface area contributed by atoms with Gasteiger partial charge in [-0.15, -0.1) is 0 Å². The first kappa shape index (κ1) is 15.1. The van der Waals surface area contributed by atoms with Crippen molar-refractivity contribution in [2.75, 3.05) is 14.2 Å². The van der Waals surface area contributed by atoms with Gasteiger partial charge in [-0.25, -0.2) is 0 Å². The van der Waals surface area contributed by atoms with Gasteiger partial charge in [-0.3, -0.25) is 0 Å². The zero-order valence-corrected chi connectivity index (χ0v) is 12.6. The number of methoxy groups -OCH3 is 2. The number of rotatable bonds is 5. The third-order valence-corrected chi connectivity index (χ3v) is 4.27. The summed E-state index contributed by atoms with van der Waals surface area (Å²) < 4.78 is 10.9. The minimum atomic E-state index is -0.553. The highest BCUT2D eigenvalue weighted by molar-refractivity contribution is 5.50. The molecular formula is C16H25NO3. The Morgan fingerprint density at radius 3 is 2.10 bits per heavy atom. The second-order valence-electron chi connectivity index (χ2n) is 5.64. The van der Waals surface area contributed by atoms with Crippen molar-refractivity contribution < 1.29 is 14.6 Å². The molecule has 0 bridgehead atoms. The summed E-state index contributed by atoms with van der Waals surface area (Å²) in [5, 5.41) is 10.5. The predicted octanol–water partition coefficient (Wildman–Crippen LogP) is 2.56. The molecule has 1 aliphatic carbocycles. The van der Waals surface area contributed by atoms with Gasteiger partial charge >= 0.3 is 0 Å². The number of aliphatic hydroxyl groups excluding tert-OH is 1. The van der Waals surface area contributed by atoms with Crippen LogP contribution < -0.4 is 15.2 Å². The van der Waals surface area contributed by atoms with Crippen LogP contribution in [0, 0.1) is 12.8 Å². The van der Waals surface area contributed by atoms with Crippen LogP contribution in [0.1, 0.15) is 42.9 Å². The molecule has 112 valence electrons. The SMILES string of the molecule is COc1cc(C)cc(OC)c1[C@H](N)[C@H](O)C1CCCC1. The Kier molecular flexibility index (Phi) is 4.89. The first-order valence-corrected chi connectivity index (χ1v) is 7.24. The van der Waals surface area contributed by atoms with Crippen LogP contribution >= 0.6 is 0 Å². The van der Waals surface area contributed by atoms with Crippen LogP contribution in [0.15, 0.2) is 12.1 Å². The maximum atomic E-state index is 10.5. The van der Waals surface area contributed by atoms with E-state index in [1.165, 1.54) is 12.8 Å². The van der Waals surface area contributed by atoms with Crippen LogP contribution in [0.3, 0.4) is 0 Å². The molecule has 4 nitrogen and oxygen atoms in total. The third-order valence-electron chi connectivity index (χ3n) is 4.27. The number of aryl methyl sites for hydroxylation is 1. The summed E-state index contributed by atoms with van der Waals surface area (Å²) in [4.78, 5) is 0. The maximum Gasteiger partial charge on any atom is 0.127 e. The molecule has 1 fully saturated rings. The maximum absolute atomic E-state index is 10.5. The minimum absolute atomic E-state index is 0.278. The summed E-state index contributed by atoms with van der Waals surface area (Å²) in [5.74, 6) is 1.65. The van der Waals surface area contributed by atoms with E-state index < -0.39 is 12.1 Å². The van der Waals surface area contributed by atoms with E-state index in [2.05, 4.69) is 0 Å². The Morgan fingerprint density at radius 2 is 1.65 bits per heavy atom. The summed E-state index contributed by atoms with van der Waals surface area (Å²) in [6.07, 6.45) is 3.90. The Morgan fingerprint density at radius 1 is 1.15 bits per heavy atom. The van der Waals surface area contributed by atoms with E-state index in [4.69, 9.17) is 15.2 Å². The van der Waals surface area contributed by atoms with Crippen molar-refractivity contribution in [2.24, 2.45) is 11.7 Å². The zero-order chi connectivity index (χ0) is 14.7. The summed E-state index contributed by atoms with van der Waals surface area (Å²) in [7, 11) is 3.23. The molecule has 0 amide bonds. The van der Waals surface area contributed by atoms with Gasteiger partial charge in [-0.1, -0.05) is 12.8 Å². The fourth-order valence-electron chi connectivity index (χ4n) is 3.16. The van der Waals surface area contributed by atoms with E-state index >= 15 is 0 Å². The molecular weight excluding hydrogens is 254 g/mol. The number of aliphatic hydroxyl groups is 1. The van der Waals surface area contributed by atoms with Gasteiger partial charge in [-0.2, -0.15) is 0 Å². The Bertz CT molecular complexity index is 430. The summed E-state index contributed by atoms with van der Waals surface area (Å²) in [6.45, 7) is 1.98. The molecule has 20 heavy (non-hydrogen) atoms. The van der Waals surface area contributed by atoms with E-state index in [1.54, 1.807) is 14.2 Å². The second-order valence-corrected chi connectivity index (χ2v) is 5.64. The molecule has 4 heteroatoms. The molecule has 0 heterocycles. The van der Waals surface area contributed by atoms with E-state index in [-0.39, 0.29) is 5.92 Å². The lowest BCUT2D eigenvalue weighted by Crippen LogP contribution is -2.32. The van der Waals surface area contributed by atoms with Crippen LogP contribution in [0.5, 0.6) is 11.5 Å². The van der Waals surface area contributed by atoms with Gasteiger partial charge in [0.15, 0.2) is 0 Å². The quantitative estimate of drug-likeness (QED) is 0.869. The first-order valence-electron chi connectivity index (χ1n) is 7.24. The molecule has 2 atom stereocenters. The fourth-order valence-corrected chi connectivity index (χ4v) is 3.16. The minimum Gasteiger partial charge on any atom is -0.496 e. The molecule has 1 saturated carbocycles.